The minimum absolute atomic E-state index is 0.110. The zero-order valence-electron chi connectivity index (χ0n) is 15.7. The van der Waals surface area contributed by atoms with E-state index in [-0.39, 0.29) is 17.4 Å². The van der Waals surface area contributed by atoms with E-state index in [2.05, 4.69) is 5.32 Å². The van der Waals surface area contributed by atoms with E-state index in [1.165, 1.54) is 19.9 Å². The van der Waals surface area contributed by atoms with E-state index in [0.717, 1.165) is 12.0 Å². The summed E-state index contributed by atoms with van der Waals surface area (Å²) in [6, 6.07) is 14.6. The van der Waals surface area contributed by atoms with Crippen molar-refractivity contribution >= 4 is 17.8 Å². The minimum atomic E-state index is -0.541. The summed E-state index contributed by atoms with van der Waals surface area (Å²) < 4.78 is 10.1. The molecule has 6 nitrogen and oxygen atoms in total. The van der Waals surface area contributed by atoms with Gasteiger partial charge in [0.05, 0.1) is 5.92 Å². The highest BCUT2D eigenvalue weighted by Crippen LogP contribution is 2.31. The second-order valence-electron chi connectivity index (χ2n) is 6.14. The summed E-state index contributed by atoms with van der Waals surface area (Å²) in [7, 11) is 0. The number of carbonyl (C=O) groups is 3. The van der Waals surface area contributed by atoms with Crippen molar-refractivity contribution in [3.05, 3.63) is 59.7 Å². The van der Waals surface area contributed by atoms with Crippen molar-refractivity contribution in [3.63, 3.8) is 0 Å². The second-order valence-corrected chi connectivity index (χ2v) is 6.14. The molecule has 0 heterocycles. The summed E-state index contributed by atoms with van der Waals surface area (Å²) in [5.41, 5.74) is 1.80. The number of rotatable bonds is 7. The molecule has 0 saturated carbocycles. The first-order valence-corrected chi connectivity index (χ1v) is 8.69. The summed E-state index contributed by atoms with van der Waals surface area (Å²) in [4.78, 5) is 34.9. The second kappa shape index (κ2) is 9.52. The van der Waals surface area contributed by atoms with Crippen molar-refractivity contribution in [3.8, 4) is 11.5 Å². The lowest BCUT2D eigenvalue weighted by Crippen LogP contribution is -2.29. The molecule has 0 aliphatic rings. The summed E-state index contributed by atoms with van der Waals surface area (Å²) in [5, 5.41) is 2.90. The van der Waals surface area contributed by atoms with Gasteiger partial charge in [0.25, 0.3) is 0 Å². The number of ether oxygens (including phenoxy) is 2. The number of carbonyl (C=O) groups excluding carboxylic acids is 3. The number of nitrogens with one attached hydrogen (secondary N) is 1. The number of hydrogen-bond donors (Lipinski definition) is 1. The smallest absolute Gasteiger partial charge is 0.308 e. The van der Waals surface area contributed by atoms with Crippen LogP contribution in [-0.4, -0.2) is 24.4 Å². The molecule has 27 heavy (non-hydrogen) atoms. The number of hydrogen-bond acceptors (Lipinski definition) is 5. The highest BCUT2D eigenvalue weighted by molar-refractivity contribution is 5.83. The molecule has 0 radical (unpaired) electrons. The Kier molecular flexibility index (Phi) is 7.11. The highest BCUT2D eigenvalue weighted by Gasteiger charge is 2.18. The van der Waals surface area contributed by atoms with Crippen LogP contribution in [0, 0.1) is 0 Å². The quantitative estimate of drug-likeness (QED) is 0.599. The normalized spacial score (nSPS) is 11.4. The summed E-state index contributed by atoms with van der Waals surface area (Å²) in [6.07, 6.45) is 0.739. The standard InChI is InChI=1S/C21H23NO5/c1-14(21(25)22-12-11-17-7-5-4-6-8-17)18-9-10-19(26-15(2)23)20(13-18)27-16(3)24/h4-10,13-14H,11-12H2,1-3H3,(H,22,25). The molecule has 0 fully saturated rings. The van der Waals surface area contributed by atoms with E-state index in [4.69, 9.17) is 9.47 Å². The van der Waals surface area contributed by atoms with Gasteiger partial charge in [0.1, 0.15) is 0 Å². The maximum Gasteiger partial charge on any atom is 0.308 e. The average molecular weight is 369 g/mol. The van der Waals surface area contributed by atoms with Crippen LogP contribution in [0.5, 0.6) is 11.5 Å². The molecule has 0 aliphatic carbocycles. The SMILES string of the molecule is CC(=O)Oc1ccc(C(C)C(=O)NCCc2ccccc2)cc1OC(C)=O. The first kappa shape index (κ1) is 20.2. The molecule has 0 saturated heterocycles. The average Bonchev–Trinajstić information content (AvgIpc) is 2.62. The van der Waals surface area contributed by atoms with Gasteiger partial charge in [-0.1, -0.05) is 36.4 Å². The lowest BCUT2D eigenvalue weighted by atomic mass is 9.99. The van der Waals surface area contributed by atoms with Crippen molar-refractivity contribution < 1.29 is 23.9 Å². The van der Waals surface area contributed by atoms with E-state index in [0.29, 0.717) is 12.1 Å². The zero-order chi connectivity index (χ0) is 19.8. The first-order valence-electron chi connectivity index (χ1n) is 8.69. The maximum atomic E-state index is 12.4. The molecule has 2 rings (SSSR count). The Hall–Kier alpha value is -3.15. The van der Waals surface area contributed by atoms with Gasteiger partial charge in [-0.15, -0.1) is 0 Å². The van der Waals surface area contributed by atoms with Crippen LogP contribution < -0.4 is 14.8 Å². The Morgan fingerprint density at radius 2 is 1.56 bits per heavy atom. The van der Waals surface area contributed by atoms with Gasteiger partial charge in [-0.25, -0.2) is 0 Å². The number of benzene rings is 2. The third-order valence-corrected chi connectivity index (χ3v) is 3.92. The third kappa shape index (κ3) is 6.26. The van der Waals surface area contributed by atoms with Crippen LogP contribution in [0.4, 0.5) is 0 Å². The monoisotopic (exact) mass is 369 g/mol. The fraction of sp³-hybridized carbons (Fsp3) is 0.286. The number of esters is 2. The largest absolute Gasteiger partial charge is 0.423 e. The zero-order valence-corrected chi connectivity index (χ0v) is 15.7. The molecule has 2 aromatic carbocycles. The van der Waals surface area contributed by atoms with Gasteiger partial charge in [0, 0.05) is 20.4 Å². The van der Waals surface area contributed by atoms with Crippen LogP contribution >= 0.6 is 0 Å². The molecule has 2 aromatic rings. The molecule has 142 valence electrons. The highest BCUT2D eigenvalue weighted by atomic mass is 16.6. The molecule has 0 spiro atoms. The van der Waals surface area contributed by atoms with Crippen molar-refractivity contribution in [1.29, 1.82) is 0 Å². The van der Waals surface area contributed by atoms with Crippen molar-refractivity contribution in [1.82, 2.24) is 5.32 Å². The fourth-order valence-electron chi connectivity index (χ4n) is 2.55. The Balaban J connectivity index is 2.05. The molecular formula is C21H23NO5. The summed E-state index contributed by atoms with van der Waals surface area (Å²) in [6.45, 7) is 4.80. The summed E-state index contributed by atoms with van der Waals surface area (Å²) in [5.74, 6) is -1.41. The molecule has 1 atom stereocenters. The molecule has 0 aliphatic heterocycles. The molecule has 0 bridgehead atoms. The third-order valence-electron chi connectivity index (χ3n) is 3.92. The number of amides is 1. The van der Waals surface area contributed by atoms with Gasteiger partial charge in [-0.2, -0.15) is 0 Å². The predicted molar refractivity (Wildman–Crippen MR) is 101 cm³/mol. The lowest BCUT2D eigenvalue weighted by Gasteiger charge is -2.15. The Morgan fingerprint density at radius 3 is 2.19 bits per heavy atom. The molecule has 0 aromatic heterocycles. The van der Waals surface area contributed by atoms with E-state index in [9.17, 15) is 14.4 Å². The first-order chi connectivity index (χ1) is 12.9. The van der Waals surface area contributed by atoms with Crippen molar-refractivity contribution in [2.75, 3.05) is 6.54 Å². The van der Waals surface area contributed by atoms with Crippen molar-refractivity contribution in [2.24, 2.45) is 0 Å². The van der Waals surface area contributed by atoms with Crippen LogP contribution in [0.15, 0.2) is 48.5 Å². The van der Waals surface area contributed by atoms with Crippen LogP contribution in [-0.2, 0) is 20.8 Å². The van der Waals surface area contributed by atoms with Gasteiger partial charge in [0.15, 0.2) is 11.5 Å². The van der Waals surface area contributed by atoms with Crippen LogP contribution in [0.1, 0.15) is 37.8 Å². The Labute approximate surface area is 158 Å². The van der Waals surface area contributed by atoms with E-state index >= 15 is 0 Å². The van der Waals surface area contributed by atoms with Gasteiger partial charge in [0.2, 0.25) is 5.91 Å². The van der Waals surface area contributed by atoms with Gasteiger partial charge in [-0.3, -0.25) is 14.4 Å². The molecule has 6 heteroatoms. The Morgan fingerprint density at radius 1 is 0.926 bits per heavy atom. The van der Waals surface area contributed by atoms with E-state index < -0.39 is 17.9 Å². The summed E-state index contributed by atoms with van der Waals surface area (Å²) >= 11 is 0. The molecule has 1 unspecified atom stereocenters. The van der Waals surface area contributed by atoms with Gasteiger partial charge >= 0.3 is 11.9 Å². The van der Waals surface area contributed by atoms with Crippen LogP contribution in [0.3, 0.4) is 0 Å². The minimum Gasteiger partial charge on any atom is -0.423 e. The van der Waals surface area contributed by atoms with Crippen molar-refractivity contribution in [2.45, 2.75) is 33.1 Å². The van der Waals surface area contributed by atoms with E-state index in [1.807, 2.05) is 30.3 Å². The van der Waals surface area contributed by atoms with Crippen LogP contribution in [0.2, 0.25) is 0 Å². The Bertz CT molecular complexity index is 817. The molecule has 1 amide bonds. The fourth-order valence-corrected chi connectivity index (χ4v) is 2.55. The van der Waals surface area contributed by atoms with Crippen LogP contribution in [0.25, 0.3) is 0 Å². The molecular weight excluding hydrogens is 346 g/mol. The lowest BCUT2D eigenvalue weighted by molar-refractivity contribution is -0.134. The predicted octanol–water partition coefficient (Wildman–Crippen LogP) is 3.00. The van der Waals surface area contributed by atoms with E-state index in [1.54, 1.807) is 19.1 Å². The topological polar surface area (TPSA) is 81.7 Å². The van der Waals surface area contributed by atoms with Gasteiger partial charge < -0.3 is 14.8 Å². The van der Waals surface area contributed by atoms with Gasteiger partial charge in [-0.05, 0) is 36.6 Å². The molecule has 1 N–H and O–H groups in total. The maximum absolute atomic E-state index is 12.4.